The van der Waals surface area contributed by atoms with Crippen molar-refractivity contribution >= 4 is 27.9 Å². The lowest BCUT2D eigenvalue weighted by molar-refractivity contribution is -0.389. The molecular formula is C19H23N5O2S. The topological polar surface area (TPSA) is 75.7 Å². The molecule has 3 heterocycles. The first-order chi connectivity index (χ1) is 13.1. The molecule has 1 N–H and O–H groups in total. The van der Waals surface area contributed by atoms with Gasteiger partial charge in [0.25, 0.3) is 4.96 Å². The average Bonchev–Trinajstić information content (AvgIpc) is 3.21. The molecule has 0 spiro atoms. The number of thiazole rings is 1. The fourth-order valence-electron chi connectivity index (χ4n) is 3.80. The lowest BCUT2D eigenvalue weighted by atomic mass is 9.99. The lowest BCUT2D eigenvalue weighted by Crippen LogP contribution is -2.34. The first-order valence-corrected chi connectivity index (χ1v) is 10.1. The summed E-state index contributed by atoms with van der Waals surface area (Å²) in [4.78, 5) is 18.6. The van der Waals surface area contributed by atoms with Gasteiger partial charge in [-0.1, -0.05) is 42.5 Å². The van der Waals surface area contributed by atoms with E-state index in [1.807, 2.05) is 6.07 Å². The van der Waals surface area contributed by atoms with Crippen molar-refractivity contribution < 1.29 is 4.92 Å². The third-order valence-electron chi connectivity index (χ3n) is 5.11. The van der Waals surface area contributed by atoms with Crippen molar-refractivity contribution in [2.24, 2.45) is 5.92 Å². The third-order valence-corrected chi connectivity index (χ3v) is 5.87. The van der Waals surface area contributed by atoms with Gasteiger partial charge >= 0.3 is 5.82 Å². The van der Waals surface area contributed by atoms with Crippen molar-refractivity contribution in [2.45, 2.75) is 32.9 Å². The van der Waals surface area contributed by atoms with E-state index in [1.54, 1.807) is 11.6 Å². The summed E-state index contributed by atoms with van der Waals surface area (Å²) in [6.45, 7) is 6.01. The van der Waals surface area contributed by atoms with Crippen molar-refractivity contribution in [1.29, 1.82) is 0 Å². The van der Waals surface area contributed by atoms with Gasteiger partial charge in [0.05, 0.1) is 0 Å². The third kappa shape index (κ3) is 3.81. The van der Waals surface area contributed by atoms with Gasteiger partial charge in [0.2, 0.25) is 5.82 Å². The van der Waals surface area contributed by atoms with Gasteiger partial charge in [-0.25, -0.2) is 0 Å². The summed E-state index contributed by atoms with van der Waals surface area (Å²) < 4.78 is 1.52. The zero-order valence-electron chi connectivity index (χ0n) is 15.3. The molecule has 27 heavy (non-hydrogen) atoms. The summed E-state index contributed by atoms with van der Waals surface area (Å²) in [5, 5.41) is 16.5. The summed E-state index contributed by atoms with van der Waals surface area (Å²) in [6, 6.07) is 8.30. The van der Waals surface area contributed by atoms with Crippen LogP contribution in [0.15, 0.2) is 35.8 Å². The molecule has 0 bridgehead atoms. The van der Waals surface area contributed by atoms with Crippen molar-refractivity contribution in [2.75, 3.05) is 18.4 Å². The van der Waals surface area contributed by atoms with Crippen LogP contribution in [0.4, 0.5) is 11.6 Å². The highest BCUT2D eigenvalue weighted by Gasteiger charge is 2.23. The fraction of sp³-hybridized carbons (Fsp3) is 0.421. The smallest absolute Gasteiger partial charge is 0.359 e. The van der Waals surface area contributed by atoms with Gasteiger partial charge in [-0.2, -0.15) is 9.38 Å². The number of piperidine rings is 1. The second-order valence-electron chi connectivity index (χ2n) is 7.20. The Kier molecular flexibility index (Phi) is 5.09. The molecule has 8 heteroatoms. The van der Waals surface area contributed by atoms with Crippen LogP contribution in [0.3, 0.4) is 0 Å². The number of nitrogens with one attached hydrogen (secondary N) is 1. The van der Waals surface area contributed by atoms with Crippen molar-refractivity contribution in [3.63, 3.8) is 0 Å². The summed E-state index contributed by atoms with van der Waals surface area (Å²) in [5.74, 6) is 1.06. The van der Waals surface area contributed by atoms with E-state index in [-0.39, 0.29) is 10.7 Å². The maximum Gasteiger partial charge on any atom is 0.372 e. The number of likely N-dealkylation sites (tertiary alicyclic amines) is 1. The Labute approximate surface area is 161 Å². The number of hydrogen-bond acceptors (Lipinski definition) is 6. The summed E-state index contributed by atoms with van der Waals surface area (Å²) in [5.41, 5.74) is 2.42. The lowest BCUT2D eigenvalue weighted by Gasteiger charge is -2.31. The van der Waals surface area contributed by atoms with E-state index < -0.39 is 0 Å². The number of nitrogens with zero attached hydrogens (tertiary/aromatic N) is 4. The summed E-state index contributed by atoms with van der Waals surface area (Å²) in [6.07, 6.45) is 4.24. The van der Waals surface area contributed by atoms with E-state index in [4.69, 9.17) is 0 Å². The molecular weight excluding hydrogens is 362 g/mol. The van der Waals surface area contributed by atoms with Crippen LogP contribution in [0.1, 0.15) is 30.9 Å². The van der Waals surface area contributed by atoms with Gasteiger partial charge in [-0.05, 0) is 41.4 Å². The minimum atomic E-state index is -0.379. The highest BCUT2D eigenvalue weighted by Crippen LogP contribution is 2.28. The monoisotopic (exact) mass is 385 g/mol. The molecule has 1 fully saturated rings. The van der Waals surface area contributed by atoms with Gasteiger partial charge in [0, 0.05) is 25.0 Å². The van der Waals surface area contributed by atoms with Crippen molar-refractivity contribution in [3.05, 3.63) is 57.1 Å². The highest BCUT2D eigenvalue weighted by molar-refractivity contribution is 7.15. The average molecular weight is 385 g/mol. The molecule has 142 valence electrons. The normalized spacial score (nSPS) is 18.0. The Morgan fingerprint density at radius 3 is 2.96 bits per heavy atom. The molecule has 3 aromatic rings. The van der Waals surface area contributed by atoms with E-state index in [1.165, 1.54) is 34.1 Å². The fourth-order valence-corrected chi connectivity index (χ4v) is 4.51. The van der Waals surface area contributed by atoms with E-state index >= 15 is 0 Å². The van der Waals surface area contributed by atoms with E-state index in [9.17, 15) is 10.1 Å². The minimum absolute atomic E-state index is 0.00594. The number of benzene rings is 1. The SMILES string of the molecule is CC1CCCN(Cc2ccccc2CNc2nc3sccn3c2[N+](=O)[O-])C1. The first-order valence-electron chi connectivity index (χ1n) is 9.25. The molecule has 1 aromatic carbocycles. The summed E-state index contributed by atoms with van der Waals surface area (Å²) in [7, 11) is 0. The van der Waals surface area contributed by atoms with Gasteiger partial charge in [-0.3, -0.25) is 4.90 Å². The Hall–Kier alpha value is -2.45. The molecule has 1 unspecified atom stereocenters. The predicted molar refractivity (Wildman–Crippen MR) is 107 cm³/mol. The molecule has 4 rings (SSSR count). The molecule has 1 saturated heterocycles. The number of aromatic nitrogens is 2. The van der Waals surface area contributed by atoms with Crippen molar-refractivity contribution in [3.8, 4) is 0 Å². The maximum absolute atomic E-state index is 11.5. The first kappa shape index (κ1) is 17.9. The van der Waals surface area contributed by atoms with Crippen LogP contribution < -0.4 is 5.32 Å². The molecule has 1 aliphatic heterocycles. The Morgan fingerprint density at radius 2 is 2.19 bits per heavy atom. The largest absolute Gasteiger partial charge is 0.372 e. The number of nitro groups is 1. The van der Waals surface area contributed by atoms with Crippen LogP contribution >= 0.6 is 11.3 Å². The Morgan fingerprint density at radius 1 is 1.37 bits per heavy atom. The minimum Gasteiger partial charge on any atom is -0.359 e. The molecule has 1 atom stereocenters. The second-order valence-corrected chi connectivity index (χ2v) is 8.07. The number of imidazole rings is 1. The maximum atomic E-state index is 11.5. The molecule has 7 nitrogen and oxygen atoms in total. The highest BCUT2D eigenvalue weighted by atomic mass is 32.1. The van der Waals surface area contributed by atoms with Gasteiger partial charge in [-0.15, -0.1) is 0 Å². The van der Waals surface area contributed by atoms with Crippen LogP contribution in [-0.2, 0) is 13.1 Å². The number of rotatable bonds is 6. The molecule has 0 aliphatic carbocycles. The number of hydrogen-bond donors (Lipinski definition) is 1. The molecule has 2 aromatic heterocycles. The molecule has 1 aliphatic rings. The van der Waals surface area contributed by atoms with E-state index in [0.717, 1.165) is 31.1 Å². The molecule has 0 saturated carbocycles. The van der Waals surface area contributed by atoms with E-state index in [2.05, 4.69) is 40.3 Å². The van der Waals surface area contributed by atoms with Crippen LogP contribution in [-0.4, -0.2) is 32.3 Å². The van der Waals surface area contributed by atoms with Gasteiger partial charge < -0.3 is 15.4 Å². The molecule has 0 amide bonds. The van der Waals surface area contributed by atoms with Gasteiger partial charge in [0.15, 0.2) is 0 Å². The van der Waals surface area contributed by atoms with Crippen LogP contribution in [0.2, 0.25) is 0 Å². The Balaban J connectivity index is 1.51. The van der Waals surface area contributed by atoms with Crippen LogP contribution in [0.25, 0.3) is 4.96 Å². The zero-order chi connectivity index (χ0) is 18.8. The number of fused-ring (bicyclic) bond motifs is 1. The zero-order valence-corrected chi connectivity index (χ0v) is 16.1. The summed E-state index contributed by atoms with van der Waals surface area (Å²) >= 11 is 1.39. The second kappa shape index (κ2) is 7.66. The predicted octanol–water partition coefficient (Wildman–Crippen LogP) is 4.15. The quantitative estimate of drug-likeness (QED) is 0.510. The standard InChI is InChI=1S/C19H23N5O2S/c1-14-5-4-8-22(12-14)13-16-7-3-2-6-15(16)11-20-17-18(24(25)26)23-9-10-27-19(23)21-17/h2-3,6-7,9-10,14,20H,4-5,8,11-13H2,1H3. The van der Waals surface area contributed by atoms with Gasteiger partial charge in [0.1, 0.15) is 6.20 Å². The van der Waals surface area contributed by atoms with Crippen LogP contribution in [0, 0.1) is 16.0 Å². The van der Waals surface area contributed by atoms with Crippen molar-refractivity contribution in [1.82, 2.24) is 14.3 Å². The van der Waals surface area contributed by atoms with E-state index in [0.29, 0.717) is 17.3 Å². The molecule has 0 radical (unpaired) electrons. The number of anilines is 1. The Bertz CT molecular complexity index is 951. The van der Waals surface area contributed by atoms with Crippen LogP contribution in [0.5, 0.6) is 0 Å².